The topological polar surface area (TPSA) is 55.4 Å². The van der Waals surface area contributed by atoms with E-state index in [1.165, 1.54) is 0 Å². The third-order valence-corrected chi connectivity index (χ3v) is 3.17. The minimum atomic E-state index is -0.0149. The van der Waals surface area contributed by atoms with Crippen LogP contribution < -0.4 is 5.32 Å². The molecule has 1 aliphatic carbocycles. The zero-order valence-corrected chi connectivity index (χ0v) is 11.0. The molecule has 0 atom stereocenters. The molecule has 1 rings (SSSR count). The summed E-state index contributed by atoms with van der Waals surface area (Å²) in [6.07, 6.45) is 2.81. The van der Waals surface area contributed by atoms with E-state index in [-0.39, 0.29) is 24.2 Å². The van der Waals surface area contributed by atoms with Gasteiger partial charge < -0.3 is 10.1 Å². The van der Waals surface area contributed by atoms with Crippen molar-refractivity contribution in [3.8, 4) is 0 Å². The normalized spacial score (nSPS) is 23.3. The average molecular weight is 241 g/mol. The number of nitrogens with one attached hydrogen (secondary N) is 1. The lowest BCUT2D eigenvalue weighted by Crippen LogP contribution is -2.37. The summed E-state index contributed by atoms with van der Waals surface area (Å²) in [4.78, 5) is 22.9. The Hall–Kier alpha value is -0.900. The number of carbonyl (C=O) groups excluding carboxylic acids is 2. The van der Waals surface area contributed by atoms with E-state index in [9.17, 15) is 9.59 Å². The second-order valence-electron chi connectivity index (χ2n) is 5.02. The Kier molecular flexibility index (Phi) is 5.62. The summed E-state index contributed by atoms with van der Waals surface area (Å²) >= 11 is 0. The fourth-order valence-corrected chi connectivity index (χ4v) is 1.94. The zero-order chi connectivity index (χ0) is 12.8. The van der Waals surface area contributed by atoms with E-state index in [4.69, 9.17) is 4.74 Å². The van der Waals surface area contributed by atoms with Gasteiger partial charge in [-0.15, -0.1) is 0 Å². The first-order chi connectivity index (χ1) is 8.02. The molecule has 1 amide bonds. The number of Topliss-reactive ketones (excluding diaryl/α,β-unsaturated/α-hetero) is 1. The van der Waals surface area contributed by atoms with Gasteiger partial charge in [0.15, 0.2) is 5.78 Å². The van der Waals surface area contributed by atoms with Gasteiger partial charge in [-0.25, -0.2) is 0 Å². The van der Waals surface area contributed by atoms with Crippen LogP contribution in [-0.2, 0) is 14.3 Å². The Balaban J connectivity index is 2.09. The van der Waals surface area contributed by atoms with Crippen molar-refractivity contribution in [1.82, 2.24) is 5.32 Å². The van der Waals surface area contributed by atoms with Gasteiger partial charge in [0, 0.05) is 18.9 Å². The van der Waals surface area contributed by atoms with Gasteiger partial charge in [-0.2, -0.15) is 0 Å². The highest BCUT2D eigenvalue weighted by Gasteiger charge is 2.31. The van der Waals surface area contributed by atoms with Crippen LogP contribution in [-0.4, -0.2) is 30.9 Å². The van der Waals surface area contributed by atoms with Crippen molar-refractivity contribution in [3.05, 3.63) is 0 Å². The van der Waals surface area contributed by atoms with E-state index in [0.29, 0.717) is 18.4 Å². The monoisotopic (exact) mass is 241 g/mol. The average Bonchev–Trinajstić information content (AvgIpc) is 2.22. The highest BCUT2D eigenvalue weighted by Crippen LogP contribution is 2.32. The lowest BCUT2D eigenvalue weighted by Gasteiger charge is -2.34. The Morgan fingerprint density at radius 3 is 2.53 bits per heavy atom. The third-order valence-electron chi connectivity index (χ3n) is 3.17. The van der Waals surface area contributed by atoms with Crippen molar-refractivity contribution in [2.75, 3.05) is 13.2 Å². The van der Waals surface area contributed by atoms with Crippen LogP contribution in [0.5, 0.6) is 0 Å². The molecular weight excluding hydrogens is 218 g/mol. The van der Waals surface area contributed by atoms with Gasteiger partial charge in [-0.05, 0) is 25.7 Å². The quantitative estimate of drug-likeness (QED) is 0.735. The molecule has 1 aliphatic rings. The number of amides is 1. The Bertz CT molecular complexity index is 270. The molecule has 0 unspecified atom stereocenters. The van der Waals surface area contributed by atoms with E-state index in [1.807, 2.05) is 20.8 Å². The van der Waals surface area contributed by atoms with Crippen molar-refractivity contribution in [2.45, 2.75) is 46.1 Å². The van der Waals surface area contributed by atoms with E-state index in [1.54, 1.807) is 0 Å². The van der Waals surface area contributed by atoms with Crippen LogP contribution in [0.1, 0.15) is 40.0 Å². The van der Waals surface area contributed by atoms with Crippen molar-refractivity contribution >= 4 is 11.7 Å². The highest BCUT2D eigenvalue weighted by atomic mass is 16.5. The smallest absolute Gasteiger partial charge is 0.220 e. The molecule has 0 aromatic carbocycles. The molecule has 0 saturated heterocycles. The SMILES string of the molecule is CCOC1CC(CC(=O)NCC(=O)C(C)C)C1. The summed E-state index contributed by atoms with van der Waals surface area (Å²) in [6.45, 7) is 6.57. The van der Waals surface area contributed by atoms with Gasteiger partial charge in [0.2, 0.25) is 5.91 Å². The molecule has 0 aliphatic heterocycles. The van der Waals surface area contributed by atoms with Crippen LogP contribution >= 0.6 is 0 Å². The predicted molar refractivity (Wildman–Crippen MR) is 65.6 cm³/mol. The number of rotatable bonds is 7. The first kappa shape index (κ1) is 14.2. The summed E-state index contributed by atoms with van der Waals surface area (Å²) in [7, 11) is 0. The molecular formula is C13H23NO3. The van der Waals surface area contributed by atoms with Crippen molar-refractivity contribution in [1.29, 1.82) is 0 Å². The van der Waals surface area contributed by atoms with Gasteiger partial charge in [-0.1, -0.05) is 13.8 Å². The Morgan fingerprint density at radius 1 is 1.35 bits per heavy atom. The van der Waals surface area contributed by atoms with Crippen LogP contribution in [0.4, 0.5) is 0 Å². The minimum Gasteiger partial charge on any atom is -0.378 e. The Labute approximate surface area is 103 Å². The molecule has 1 saturated carbocycles. The number of ether oxygens (including phenoxy) is 1. The van der Waals surface area contributed by atoms with Crippen LogP contribution in [0.2, 0.25) is 0 Å². The molecule has 98 valence electrons. The molecule has 1 N–H and O–H groups in total. The first-order valence-corrected chi connectivity index (χ1v) is 6.44. The second-order valence-corrected chi connectivity index (χ2v) is 5.02. The molecule has 0 aromatic rings. The molecule has 0 spiro atoms. The number of ketones is 1. The first-order valence-electron chi connectivity index (χ1n) is 6.44. The largest absolute Gasteiger partial charge is 0.378 e. The number of hydrogen-bond acceptors (Lipinski definition) is 3. The Morgan fingerprint density at radius 2 is 2.00 bits per heavy atom. The number of hydrogen-bond donors (Lipinski definition) is 1. The van der Waals surface area contributed by atoms with Gasteiger partial charge in [0.25, 0.3) is 0 Å². The van der Waals surface area contributed by atoms with Crippen LogP contribution in [0.25, 0.3) is 0 Å². The minimum absolute atomic E-state index is 0.0127. The molecule has 0 bridgehead atoms. The summed E-state index contributed by atoms with van der Waals surface area (Å²) in [5, 5.41) is 2.68. The van der Waals surface area contributed by atoms with Crippen LogP contribution in [0, 0.1) is 11.8 Å². The van der Waals surface area contributed by atoms with E-state index >= 15 is 0 Å². The lowest BCUT2D eigenvalue weighted by atomic mass is 9.80. The molecule has 4 nitrogen and oxygen atoms in total. The fourth-order valence-electron chi connectivity index (χ4n) is 1.94. The van der Waals surface area contributed by atoms with Gasteiger partial charge in [0.1, 0.15) is 0 Å². The maximum atomic E-state index is 11.5. The second kappa shape index (κ2) is 6.74. The third kappa shape index (κ3) is 4.86. The summed E-state index contributed by atoms with van der Waals surface area (Å²) in [5.41, 5.74) is 0. The van der Waals surface area contributed by atoms with Crippen molar-refractivity contribution < 1.29 is 14.3 Å². The van der Waals surface area contributed by atoms with E-state index < -0.39 is 0 Å². The zero-order valence-electron chi connectivity index (χ0n) is 11.0. The van der Waals surface area contributed by atoms with Crippen LogP contribution in [0.15, 0.2) is 0 Å². The van der Waals surface area contributed by atoms with Gasteiger partial charge in [-0.3, -0.25) is 9.59 Å². The molecule has 1 fully saturated rings. The van der Waals surface area contributed by atoms with E-state index in [0.717, 1.165) is 19.4 Å². The highest BCUT2D eigenvalue weighted by molar-refractivity contribution is 5.87. The molecule has 4 heteroatoms. The van der Waals surface area contributed by atoms with Crippen molar-refractivity contribution in [3.63, 3.8) is 0 Å². The summed E-state index contributed by atoms with van der Waals surface area (Å²) in [5.74, 6) is 0.486. The molecule has 0 heterocycles. The van der Waals surface area contributed by atoms with Gasteiger partial charge >= 0.3 is 0 Å². The van der Waals surface area contributed by atoms with E-state index in [2.05, 4.69) is 5.32 Å². The number of carbonyl (C=O) groups is 2. The molecule has 0 aromatic heterocycles. The molecule has 0 radical (unpaired) electrons. The van der Waals surface area contributed by atoms with Crippen LogP contribution in [0.3, 0.4) is 0 Å². The maximum Gasteiger partial charge on any atom is 0.220 e. The summed E-state index contributed by atoms with van der Waals surface area (Å²) in [6, 6.07) is 0. The fraction of sp³-hybridized carbons (Fsp3) is 0.846. The summed E-state index contributed by atoms with van der Waals surface area (Å²) < 4.78 is 5.43. The lowest BCUT2D eigenvalue weighted by molar-refractivity contribution is -0.128. The van der Waals surface area contributed by atoms with Gasteiger partial charge in [0.05, 0.1) is 12.6 Å². The predicted octanol–water partition coefficient (Wildman–Crippen LogP) is 1.53. The molecule has 17 heavy (non-hydrogen) atoms. The standard InChI is InChI=1S/C13H23NO3/c1-4-17-11-5-10(6-11)7-13(16)14-8-12(15)9(2)3/h9-11H,4-8H2,1-3H3,(H,14,16). The maximum absolute atomic E-state index is 11.5. The van der Waals surface area contributed by atoms with Crippen molar-refractivity contribution in [2.24, 2.45) is 11.8 Å².